The summed E-state index contributed by atoms with van der Waals surface area (Å²) < 4.78 is 62.5. The number of carbonyl (C=O) groups excluding carboxylic acids is 1. The van der Waals surface area contributed by atoms with Gasteiger partial charge in [0.25, 0.3) is 0 Å². The lowest BCUT2D eigenvalue weighted by Gasteiger charge is -2.47. The molecule has 4 unspecified atom stereocenters. The summed E-state index contributed by atoms with van der Waals surface area (Å²) >= 11 is 0. The van der Waals surface area contributed by atoms with Crippen LogP contribution in [0.5, 0.6) is 5.75 Å². The molecule has 2 saturated carbocycles. The van der Waals surface area contributed by atoms with E-state index in [1.165, 1.54) is 4.90 Å². The molecule has 2 aliphatic carbocycles. The molecule has 4 N–H and O–H groups in total. The molecule has 4 fully saturated rings. The largest absolute Gasteiger partial charge is 0.493 e. The highest BCUT2D eigenvalue weighted by atomic mass is 19.4. The van der Waals surface area contributed by atoms with Gasteiger partial charge < -0.3 is 25.6 Å². The van der Waals surface area contributed by atoms with Crippen molar-refractivity contribution in [1.82, 2.24) is 9.80 Å². The Labute approximate surface area is 251 Å². The molecule has 4 aliphatic rings. The van der Waals surface area contributed by atoms with Gasteiger partial charge in [-0.3, -0.25) is 9.69 Å². The number of nitrogens with zero attached hydrogens (tertiary/aromatic N) is 2. The topological polar surface area (TPSA) is 99.3 Å². The Hall–Kier alpha value is -1.95. The quantitative estimate of drug-likeness (QED) is 0.354. The molecule has 0 bridgehead atoms. The van der Waals surface area contributed by atoms with Crippen LogP contribution in [0.4, 0.5) is 17.6 Å². The van der Waals surface area contributed by atoms with E-state index in [9.17, 15) is 28.2 Å². The number of rotatable bonds is 9. The molecule has 1 amide bonds. The number of aliphatic hydroxyl groups excluding tert-OH is 2. The fraction of sp³-hybridized carbons (Fsp3) is 0.781. The standard InChI is InChI=1S/C32H47F4N3O4/c1-29(13-8-22(16-26(29)33)27(41)39-18-24(40)17-30(39,2)28(37)42)23-4-6-25(7-5-23)43-19-21-9-14-38(15-10-21)20-31(11-3-12-31)32(34,35)36/h4-7,21-22,24,26-27,40-41H,3,8-20H2,1-2H3,(H2,37,42)/t22?,24-,26?,27?,29?,30+/m1/s1. The van der Waals surface area contributed by atoms with Gasteiger partial charge in [-0.05, 0) is 88.6 Å². The van der Waals surface area contributed by atoms with Crippen molar-refractivity contribution in [2.24, 2.45) is 23.0 Å². The third kappa shape index (κ3) is 6.29. The number of halogens is 4. The predicted octanol–water partition coefficient (Wildman–Crippen LogP) is 4.53. The molecule has 242 valence electrons. The van der Waals surface area contributed by atoms with Crippen LogP contribution in [0, 0.1) is 17.3 Å². The fourth-order valence-corrected chi connectivity index (χ4v) is 7.87. The monoisotopic (exact) mass is 613 g/mol. The number of hydrogen-bond donors (Lipinski definition) is 3. The van der Waals surface area contributed by atoms with Gasteiger partial charge in [0.2, 0.25) is 5.91 Å². The minimum absolute atomic E-state index is 0.105. The summed E-state index contributed by atoms with van der Waals surface area (Å²) in [4.78, 5) is 15.6. The molecule has 2 saturated heterocycles. The van der Waals surface area contributed by atoms with Gasteiger partial charge in [-0.1, -0.05) is 25.5 Å². The molecule has 6 atom stereocenters. The van der Waals surface area contributed by atoms with E-state index in [-0.39, 0.29) is 44.7 Å². The minimum atomic E-state index is -4.14. The van der Waals surface area contributed by atoms with Crippen molar-refractivity contribution >= 4 is 5.91 Å². The second kappa shape index (κ2) is 12.1. The first-order chi connectivity index (χ1) is 20.2. The number of aliphatic hydroxyl groups is 2. The Morgan fingerprint density at radius 3 is 2.30 bits per heavy atom. The molecule has 5 rings (SSSR count). The van der Waals surface area contributed by atoms with Gasteiger partial charge in [0.05, 0.1) is 18.1 Å². The second-order valence-corrected chi connectivity index (χ2v) is 14.2. The summed E-state index contributed by atoms with van der Waals surface area (Å²) in [5.41, 5.74) is 3.01. The smallest absolute Gasteiger partial charge is 0.395 e. The third-order valence-electron chi connectivity index (χ3n) is 11.3. The molecule has 2 aliphatic heterocycles. The van der Waals surface area contributed by atoms with Crippen LogP contribution in [0.3, 0.4) is 0 Å². The Morgan fingerprint density at radius 1 is 1.12 bits per heavy atom. The lowest BCUT2D eigenvalue weighted by Crippen LogP contribution is -2.58. The summed E-state index contributed by atoms with van der Waals surface area (Å²) in [5, 5.41) is 21.3. The van der Waals surface area contributed by atoms with E-state index in [4.69, 9.17) is 10.5 Å². The number of primary amides is 1. The zero-order chi connectivity index (χ0) is 31.2. The average Bonchev–Trinajstić information content (AvgIpc) is 3.26. The summed E-state index contributed by atoms with van der Waals surface area (Å²) in [6.45, 7) is 5.52. The second-order valence-electron chi connectivity index (χ2n) is 14.2. The van der Waals surface area contributed by atoms with Gasteiger partial charge in [0.15, 0.2) is 0 Å². The first-order valence-electron chi connectivity index (χ1n) is 15.8. The summed E-state index contributed by atoms with van der Waals surface area (Å²) in [7, 11) is 0. The lowest BCUT2D eigenvalue weighted by atomic mass is 9.66. The number of hydrogen-bond acceptors (Lipinski definition) is 6. The molecule has 7 nitrogen and oxygen atoms in total. The van der Waals surface area contributed by atoms with Crippen molar-refractivity contribution in [3.8, 4) is 5.75 Å². The zero-order valence-electron chi connectivity index (χ0n) is 25.3. The highest BCUT2D eigenvalue weighted by molar-refractivity contribution is 5.84. The molecule has 0 spiro atoms. The molecule has 1 aromatic carbocycles. The first kappa shape index (κ1) is 32.4. The number of β-amino-alcohol motifs (C(OH)–C–C–N with tert-alkyl or cyclic N) is 1. The average molecular weight is 614 g/mol. The number of piperidine rings is 1. The maximum absolute atomic E-state index is 15.8. The van der Waals surface area contributed by atoms with E-state index in [2.05, 4.69) is 0 Å². The molecule has 0 aromatic heterocycles. The maximum Gasteiger partial charge on any atom is 0.395 e. The highest BCUT2D eigenvalue weighted by Gasteiger charge is 2.58. The van der Waals surface area contributed by atoms with Crippen LogP contribution >= 0.6 is 0 Å². The lowest BCUT2D eigenvalue weighted by molar-refractivity contribution is -0.256. The van der Waals surface area contributed by atoms with Gasteiger partial charge in [-0.15, -0.1) is 0 Å². The van der Waals surface area contributed by atoms with Crippen molar-refractivity contribution in [2.45, 2.75) is 107 Å². The Balaban J connectivity index is 1.10. The molecular weight excluding hydrogens is 566 g/mol. The highest BCUT2D eigenvalue weighted by Crippen LogP contribution is 2.53. The van der Waals surface area contributed by atoms with Crippen molar-refractivity contribution < 1.29 is 37.3 Å². The predicted molar refractivity (Wildman–Crippen MR) is 154 cm³/mol. The number of benzene rings is 1. The SMILES string of the molecule is CC1(c2ccc(OCC3CCN(CC4(C(F)(F)F)CCC4)CC3)cc2)CCC(C(O)N2C[C@H](O)C[C@@]2(C)C(N)=O)CC1F. The molecule has 43 heavy (non-hydrogen) atoms. The maximum atomic E-state index is 15.8. The van der Waals surface area contributed by atoms with Gasteiger partial charge in [0.1, 0.15) is 23.7 Å². The van der Waals surface area contributed by atoms with Crippen LogP contribution in [0.1, 0.15) is 77.2 Å². The first-order valence-corrected chi connectivity index (χ1v) is 15.8. The van der Waals surface area contributed by atoms with Gasteiger partial charge >= 0.3 is 6.18 Å². The Morgan fingerprint density at radius 2 is 1.77 bits per heavy atom. The van der Waals surface area contributed by atoms with Crippen molar-refractivity contribution in [3.05, 3.63) is 29.8 Å². The van der Waals surface area contributed by atoms with E-state index in [0.29, 0.717) is 44.7 Å². The van der Waals surface area contributed by atoms with Crippen LogP contribution < -0.4 is 10.5 Å². The van der Waals surface area contributed by atoms with Gasteiger partial charge in [-0.25, -0.2) is 4.39 Å². The Bertz CT molecular complexity index is 1120. The van der Waals surface area contributed by atoms with Gasteiger partial charge in [-0.2, -0.15) is 13.2 Å². The van der Waals surface area contributed by atoms with Crippen LogP contribution in [0.15, 0.2) is 24.3 Å². The number of carbonyl (C=O) groups is 1. The van der Waals surface area contributed by atoms with Crippen LogP contribution in [0.2, 0.25) is 0 Å². The van der Waals surface area contributed by atoms with Gasteiger partial charge in [0, 0.05) is 30.8 Å². The van der Waals surface area contributed by atoms with E-state index in [0.717, 1.165) is 18.4 Å². The van der Waals surface area contributed by atoms with E-state index < -0.39 is 52.9 Å². The van der Waals surface area contributed by atoms with Crippen molar-refractivity contribution in [1.29, 1.82) is 0 Å². The van der Waals surface area contributed by atoms with E-state index >= 15 is 4.39 Å². The van der Waals surface area contributed by atoms with Crippen molar-refractivity contribution in [3.63, 3.8) is 0 Å². The van der Waals surface area contributed by atoms with E-state index in [1.807, 2.05) is 36.1 Å². The van der Waals surface area contributed by atoms with Crippen LogP contribution in [-0.4, -0.2) is 88.9 Å². The van der Waals surface area contributed by atoms with Crippen LogP contribution in [-0.2, 0) is 10.2 Å². The third-order valence-corrected chi connectivity index (χ3v) is 11.3. The molecular formula is C32H47F4N3O4. The molecule has 11 heteroatoms. The molecule has 0 radical (unpaired) electrons. The number of amides is 1. The van der Waals surface area contributed by atoms with Crippen molar-refractivity contribution in [2.75, 3.05) is 32.8 Å². The Kier molecular flexibility index (Phi) is 9.13. The summed E-state index contributed by atoms with van der Waals surface area (Å²) in [6, 6.07) is 7.46. The number of likely N-dealkylation sites (tertiary alicyclic amines) is 2. The van der Waals surface area contributed by atoms with E-state index in [1.54, 1.807) is 6.92 Å². The normalized spacial score (nSPS) is 34.9. The molecule has 1 aromatic rings. The van der Waals surface area contributed by atoms with Crippen LogP contribution in [0.25, 0.3) is 0 Å². The molecule has 2 heterocycles. The summed E-state index contributed by atoms with van der Waals surface area (Å²) in [6.07, 6.45) is -3.16. The fourth-order valence-electron chi connectivity index (χ4n) is 7.87. The minimum Gasteiger partial charge on any atom is -0.493 e. The zero-order valence-corrected chi connectivity index (χ0v) is 25.3. The summed E-state index contributed by atoms with van der Waals surface area (Å²) in [5.74, 6) is -0.0512. The number of alkyl halides is 4. The number of ether oxygens (including phenoxy) is 1. The number of nitrogens with two attached hydrogens (primary N) is 1.